The van der Waals surface area contributed by atoms with Crippen LogP contribution in [-0.4, -0.2) is 45.9 Å². The highest BCUT2D eigenvalue weighted by molar-refractivity contribution is 6.30. The first kappa shape index (κ1) is 18.0. The number of halogens is 1. The Labute approximate surface area is 174 Å². The summed E-state index contributed by atoms with van der Waals surface area (Å²) in [6.07, 6.45) is 3.08. The van der Waals surface area contributed by atoms with Gasteiger partial charge in [-0.2, -0.15) is 5.26 Å². The summed E-state index contributed by atoms with van der Waals surface area (Å²) in [5.41, 5.74) is 2.09. The molecule has 2 aromatic heterocycles. The Morgan fingerprint density at radius 1 is 1.00 bits per heavy atom. The van der Waals surface area contributed by atoms with Crippen molar-refractivity contribution in [2.75, 3.05) is 36.0 Å². The second-order valence-corrected chi connectivity index (χ2v) is 7.86. The quantitative estimate of drug-likeness (QED) is 0.652. The van der Waals surface area contributed by atoms with Crippen molar-refractivity contribution < 1.29 is 0 Å². The van der Waals surface area contributed by atoms with E-state index in [1.807, 2.05) is 42.6 Å². The van der Waals surface area contributed by atoms with Gasteiger partial charge in [0.15, 0.2) is 0 Å². The third-order valence-corrected chi connectivity index (χ3v) is 5.84. The highest BCUT2D eigenvalue weighted by atomic mass is 35.5. The van der Waals surface area contributed by atoms with Crippen molar-refractivity contribution in [3.05, 3.63) is 59.0 Å². The highest BCUT2D eigenvalue weighted by Crippen LogP contribution is 2.32. The molecule has 0 bridgehead atoms. The van der Waals surface area contributed by atoms with E-state index in [0.717, 1.165) is 55.0 Å². The molecule has 0 aliphatic carbocycles. The smallest absolute Gasteiger partial charge is 0.232 e. The maximum absolute atomic E-state index is 9.57. The molecule has 5 rings (SSSR count). The van der Waals surface area contributed by atoms with Crippen molar-refractivity contribution in [1.29, 1.82) is 5.26 Å². The van der Waals surface area contributed by atoms with Gasteiger partial charge in [-0.25, -0.2) is 4.98 Å². The number of pyridine rings is 1. The molecule has 1 atom stereocenters. The average molecular weight is 406 g/mol. The summed E-state index contributed by atoms with van der Waals surface area (Å²) < 4.78 is 2.11. The Morgan fingerprint density at radius 3 is 2.59 bits per heavy atom. The molecule has 146 valence electrons. The van der Waals surface area contributed by atoms with E-state index < -0.39 is 0 Å². The number of hydrogen-bond acceptors (Lipinski definition) is 6. The minimum absolute atomic E-state index is 0.133. The fourth-order valence-electron chi connectivity index (χ4n) is 4.15. The lowest BCUT2D eigenvalue weighted by Crippen LogP contribution is -2.47. The largest absolute Gasteiger partial charge is 0.353 e. The molecule has 29 heavy (non-hydrogen) atoms. The first-order valence-corrected chi connectivity index (χ1v) is 10.1. The van der Waals surface area contributed by atoms with Gasteiger partial charge in [0.1, 0.15) is 11.6 Å². The van der Waals surface area contributed by atoms with Crippen LogP contribution in [0.2, 0.25) is 5.02 Å². The van der Waals surface area contributed by atoms with Crippen molar-refractivity contribution in [3.8, 4) is 11.8 Å². The summed E-state index contributed by atoms with van der Waals surface area (Å²) in [6.45, 7) is 3.40. The summed E-state index contributed by atoms with van der Waals surface area (Å²) in [4.78, 5) is 9.01. The Hall–Kier alpha value is -3.11. The maximum Gasteiger partial charge on any atom is 0.232 e. The van der Waals surface area contributed by atoms with Crippen molar-refractivity contribution in [2.45, 2.75) is 12.8 Å². The van der Waals surface area contributed by atoms with Gasteiger partial charge >= 0.3 is 0 Å². The van der Waals surface area contributed by atoms with Gasteiger partial charge in [0.05, 0.1) is 17.7 Å². The number of aromatic nitrogens is 4. The summed E-state index contributed by atoms with van der Waals surface area (Å²) in [5, 5.41) is 19.2. The number of piperazine rings is 1. The SMILES string of the molecule is N#CC1Cc2cc(Cl)ccc2-n2c(nnc2N2CCN(c3ccccn3)CC2)C1. The minimum atomic E-state index is -0.133. The number of nitrogens with zero attached hydrogens (tertiary/aromatic N) is 7. The van der Waals surface area contributed by atoms with Crippen LogP contribution < -0.4 is 9.80 Å². The molecule has 0 N–H and O–H groups in total. The number of anilines is 2. The molecule has 4 heterocycles. The third-order valence-electron chi connectivity index (χ3n) is 5.61. The van der Waals surface area contributed by atoms with Gasteiger partial charge in [-0.3, -0.25) is 4.57 Å². The van der Waals surface area contributed by atoms with Crippen LogP contribution in [0.3, 0.4) is 0 Å². The van der Waals surface area contributed by atoms with Crippen LogP contribution in [0.1, 0.15) is 11.4 Å². The Bertz CT molecular complexity index is 1060. The monoisotopic (exact) mass is 405 g/mol. The predicted octanol–water partition coefficient (Wildman–Crippen LogP) is 2.88. The van der Waals surface area contributed by atoms with Gasteiger partial charge < -0.3 is 9.80 Å². The molecule has 0 spiro atoms. The lowest BCUT2D eigenvalue weighted by molar-refractivity contribution is 0.628. The standard InChI is InChI=1S/C21H20ClN7/c22-17-4-5-18-16(13-17)11-15(14-23)12-20-25-26-21(29(18)20)28-9-7-27(8-10-28)19-3-1-2-6-24-19/h1-6,13,15H,7-12H2. The first-order chi connectivity index (χ1) is 14.2. The van der Waals surface area contributed by atoms with Gasteiger partial charge in [-0.1, -0.05) is 17.7 Å². The van der Waals surface area contributed by atoms with Crippen LogP contribution in [-0.2, 0) is 12.8 Å². The van der Waals surface area contributed by atoms with Crippen molar-refractivity contribution in [2.24, 2.45) is 5.92 Å². The molecule has 1 unspecified atom stereocenters. The van der Waals surface area contributed by atoms with Crippen LogP contribution in [0.25, 0.3) is 5.69 Å². The molecular weight excluding hydrogens is 386 g/mol. The lowest BCUT2D eigenvalue weighted by atomic mass is 9.98. The third kappa shape index (κ3) is 3.30. The van der Waals surface area contributed by atoms with Gasteiger partial charge in [0.2, 0.25) is 5.95 Å². The second kappa shape index (κ2) is 7.37. The fourth-order valence-corrected chi connectivity index (χ4v) is 4.35. The van der Waals surface area contributed by atoms with Crippen LogP contribution in [0, 0.1) is 17.2 Å². The molecule has 1 saturated heterocycles. The Morgan fingerprint density at radius 2 is 1.83 bits per heavy atom. The molecule has 0 radical (unpaired) electrons. The number of nitriles is 1. The zero-order valence-electron chi connectivity index (χ0n) is 15.9. The van der Waals surface area contributed by atoms with E-state index in [0.29, 0.717) is 17.9 Å². The molecule has 0 saturated carbocycles. The zero-order valence-corrected chi connectivity index (χ0v) is 16.6. The normalized spacial score (nSPS) is 18.6. The molecular formula is C21H20ClN7. The minimum Gasteiger partial charge on any atom is -0.353 e. The first-order valence-electron chi connectivity index (χ1n) is 9.76. The van der Waals surface area contributed by atoms with Crippen LogP contribution in [0.15, 0.2) is 42.6 Å². The summed E-state index contributed by atoms with van der Waals surface area (Å²) in [5.74, 6) is 2.54. The molecule has 0 amide bonds. The molecule has 3 aromatic rings. The molecule has 8 heteroatoms. The van der Waals surface area contributed by atoms with E-state index >= 15 is 0 Å². The predicted molar refractivity (Wildman–Crippen MR) is 112 cm³/mol. The van der Waals surface area contributed by atoms with Crippen LogP contribution in [0.5, 0.6) is 0 Å². The van der Waals surface area contributed by atoms with E-state index in [-0.39, 0.29) is 5.92 Å². The second-order valence-electron chi connectivity index (χ2n) is 7.42. The molecule has 2 aliphatic rings. The number of fused-ring (bicyclic) bond motifs is 3. The average Bonchev–Trinajstić information content (AvgIpc) is 3.10. The van der Waals surface area contributed by atoms with Gasteiger partial charge in [0.25, 0.3) is 0 Å². The Kier molecular flexibility index (Phi) is 4.57. The van der Waals surface area contributed by atoms with E-state index in [4.69, 9.17) is 11.6 Å². The van der Waals surface area contributed by atoms with Crippen molar-refractivity contribution in [3.63, 3.8) is 0 Å². The van der Waals surface area contributed by atoms with Gasteiger partial charge in [0, 0.05) is 43.8 Å². The molecule has 1 fully saturated rings. The van der Waals surface area contributed by atoms with E-state index in [2.05, 4.69) is 35.6 Å². The van der Waals surface area contributed by atoms with E-state index in [1.54, 1.807) is 0 Å². The van der Waals surface area contributed by atoms with E-state index in [1.165, 1.54) is 0 Å². The van der Waals surface area contributed by atoms with Crippen molar-refractivity contribution >= 4 is 23.4 Å². The number of rotatable bonds is 2. The van der Waals surface area contributed by atoms with E-state index in [9.17, 15) is 5.26 Å². The summed E-state index contributed by atoms with van der Waals surface area (Å²) in [6, 6.07) is 14.3. The topological polar surface area (TPSA) is 73.9 Å². The summed E-state index contributed by atoms with van der Waals surface area (Å²) >= 11 is 6.24. The van der Waals surface area contributed by atoms with Crippen molar-refractivity contribution in [1.82, 2.24) is 19.7 Å². The molecule has 7 nitrogen and oxygen atoms in total. The lowest BCUT2D eigenvalue weighted by Gasteiger charge is -2.35. The number of benzene rings is 1. The van der Waals surface area contributed by atoms with Crippen LogP contribution >= 0.6 is 11.6 Å². The number of hydrogen-bond donors (Lipinski definition) is 0. The van der Waals surface area contributed by atoms with Gasteiger partial charge in [-0.05, 0) is 42.3 Å². The molecule has 2 aliphatic heterocycles. The zero-order chi connectivity index (χ0) is 19.8. The Balaban J connectivity index is 1.47. The highest BCUT2D eigenvalue weighted by Gasteiger charge is 2.29. The van der Waals surface area contributed by atoms with Crippen LogP contribution in [0.4, 0.5) is 11.8 Å². The fraction of sp³-hybridized carbons (Fsp3) is 0.333. The summed E-state index contributed by atoms with van der Waals surface area (Å²) in [7, 11) is 0. The van der Waals surface area contributed by atoms with Gasteiger partial charge in [-0.15, -0.1) is 10.2 Å². The maximum atomic E-state index is 9.57. The molecule has 1 aromatic carbocycles.